The number of benzene rings is 1. The molecule has 0 amide bonds. The molecule has 0 aliphatic carbocycles. The summed E-state index contributed by atoms with van der Waals surface area (Å²) in [6.07, 6.45) is 1.67. The molecule has 1 saturated heterocycles. The first-order valence-electron chi connectivity index (χ1n) is 6.48. The van der Waals surface area contributed by atoms with Gasteiger partial charge in [-0.15, -0.1) is 12.4 Å². The average molecular weight is 384 g/mol. The summed E-state index contributed by atoms with van der Waals surface area (Å²) in [4.78, 5) is 0. The van der Waals surface area contributed by atoms with Crippen LogP contribution in [0.5, 0.6) is 0 Å². The molecule has 2 atom stereocenters. The lowest BCUT2D eigenvalue weighted by molar-refractivity contribution is 0.492. The van der Waals surface area contributed by atoms with Crippen LogP contribution in [-0.2, 0) is 16.4 Å². The fraction of sp³-hybridized carbons (Fsp3) is 0.538. The highest BCUT2D eigenvalue weighted by molar-refractivity contribution is 9.10. The van der Waals surface area contributed by atoms with Gasteiger partial charge in [0.2, 0.25) is 10.0 Å². The molecule has 20 heavy (non-hydrogen) atoms. The van der Waals surface area contributed by atoms with Crippen LogP contribution >= 0.6 is 28.3 Å². The largest absolute Gasteiger partial charge is 0.312 e. The molecule has 0 radical (unpaired) electrons. The number of hydrogen-bond donors (Lipinski definition) is 2. The van der Waals surface area contributed by atoms with E-state index in [1.54, 1.807) is 6.92 Å². The van der Waals surface area contributed by atoms with Crippen LogP contribution in [-0.4, -0.2) is 32.8 Å². The normalized spacial score (nSPS) is 22.5. The van der Waals surface area contributed by atoms with E-state index in [-0.39, 0.29) is 30.2 Å². The lowest BCUT2D eigenvalue weighted by Gasteiger charge is -2.20. The predicted molar refractivity (Wildman–Crippen MR) is 87.9 cm³/mol. The van der Waals surface area contributed by atoms with Crippen molar-refractivity contribution in [3.8, 4) is 0 Å². The summed E-state index contributed by atoms with van der Waals surface area (Å²) in [6, 6.07) is 8.28. The zero-order valence-corrected chi connectivity index (χ0v) is 14.5. The summed E-state index contributed by atoms with van der Waals surface area (Å²) in [5, 5.41) is 3.38. The minimum absolute atomic E-state index is 0. The van der Waals surface area contributed by atoms with Gasteiger partial charge in [-0.3, -0.25) is 0 Å². The van der Waals surface area contributed by atoms with Gasteiger partial charge < -0.3 is 5.32 Å². The van der Waals surface area contributed by atoms with Crippen molar-refractivity contribution >= 4 is 38.4 Å². The Morgan fingerprint density at radius 2 is 2.20 bits per heavy atom. The fourth-order valence-corrected chi connectivity index (χ4v) is 3.71. The Morgan fingerprint density at radius 3 is 2.85 bits per heavy atom. The van der Waals surface area contributed by atoms with Crippen LogP contribution in [0.2, 0.25) is 0 Å². The molecule has 7 heteroatoms. The standard InChI is InChI=1S/C13H19BrN2O2S.ClH/c1-2-19(17,18)16-12-6-7-15-13(12)9-10-4-3-5-11(14)8-10;/h3-5,8,12-13,15-16H,2,6-7,9H2,1H3;1H. The minimum atomic E-state index is -3.14. The molecule has 1 aliphatic heterocycles. The average Bonchev–Trinajstić information content (AvgIpc) is 2.76. The zero-order chi connectivity index (χ0) is 13.9. The molecule has 2 unspecified atom stereocenters. The first kappa shape index (κ1) is 17.9. The number of hydrogen-bond acceptors (Lipinski definition) is 3. The lowest BCUT2D eigenvalue weighted by atomic mass is 10.0. The smallest absolute Gasteiger partial charge is 0.211 e. The highest BCUT2D eigenvalue weighted by Crippen LogP contribution is 2.17. The van der Waals surface area contributed by atoms with E-state index in [0.29, 0.717) is 0 Å². The van der Waals surface area contributed by atoms with E-state index in [1.165, 1.54) is 5.56 Å². The van der Waals surface area contributed by atoms with Crippen molar-refractivity contribution in [3.63, 3.8) is 0 Å². The molecule has 0 bridgehead atoms. The van der Waals surface area contributed by atoms with E-state index in [2.05, 4.69) is 38.1 Å². The van der Waals surface area contributed by atoms with Crippen LogP contribution in [0, 0.1) is 0 Å². The molecule has 1 aromatic rings. The summed E-state index contributed by atoms with van der Waals surface area (Å²) in [7, 11) is -3.14. The molecule has 1 heterocycles. The van der Waals surface area contributed by atoms with Crippen LogP contribution in [0.1, 0.15) is 18.9 Å². The summed E-state index contributed by atoms with van der Waals surface area (Å²) in [6.45, 7) is 2.52. The number of sulfonamides is 1. The van der Waals surface area contributed by atoms with Gasteiger partial charge in [0.05, 0.1) is 5.75 Å². The van der Waals surface area contributed by atoms with Crippen molar-refractivity contribution in [2.24, 2.45) is 0 Å². The molecule has 0 saturated carbocycles. The lowest BCUT2D eigenvalue weighted by Crippen LogP contribution is -2.45. The van der Waals surface area contributed by atoms with E-state index < -0.39 is 10.0 Å². The van der Waals surface area contributed by atoms with Gasteiger partial charge in [0.1, 0.15) is 0 Å². The maximum atomic E-state index is 11.7. The molecular formula is C13H20BrClN2O2S. The third-order valence-electron chi connectivity index (χ3n) is 3.40. The topological polar surface area (TPSA) is 58.2 Å². The predicted octanol–water partition coefficient (Wildman–Crippen LogP) is 2.08. The van der Waals surface area contributed by atoms with Gasteiger partial charge in [0.25, 0.3) is 0 Å². The number of nitrogens with one attached hydrogen (secondary N) is 2. The van der Waals surface area contributed by atoms with Crippen molar-refractivity contribution in [1.29, 1.82) is 0 Å². The van der Waals surface area contributed by atoms with Crippen molar-refractivity contribution in [3.05, 3.63) is 34.3 Å². The Balaban J connectivity index is 0.00000200. The van der Waals surface area contributed by atoms with Gasteiger partial charge >= 0.3 is 0 Å². The van der Waals surface area contributed by atoms with Crippen molar-refractivity contribution in [2.45, 2.75) is 31.8 Å². The molecule has 0 spiro atoms. The fourth-order valence-electron chi connectivity index (χ4n) is 2.36. The first-order chi connectivity index (χ1) is 9.00. The van der Waals surface area contributed by atoms with Gasteiger partial charge in [0, 0.05) is 16.6 Å². The van der Waals surface area contributed by atoms with Gasteiger partial charge in [-0.1, -0.05) is 28.1 Å². The Hall–Kier alpha value is -0.140. The first-order valence-corrected chi connectivity index (χ1v) is 8.92. The zero-order valence-electron chi connectivity index (χ0n) is 11.3. The maximum absolute atomic E-state index is 11.7. The number of halogens is 2. The van der Waals surface area contributed by atoms with Gasteiger partial charge in [0.15, 0.2) is 0 Å². The Labute approximate surface area is 135 Å². The summed E-state index contributed by atoms with van der Waals surface area (Å²) >= 11 is 3.45. The second kappa shape index (κ2) is 7.75. The summed E-state index contributed by atoms with van der Waals surface area (Å²) in [5.74, 6) is 0.132. The minimum Gasteiger partial charge on any atom is -0.312 e. The molecular weight excluding hydrogens is 364 g/mol. The molecule has 2 rings (SSSR count). The van der Waals surface area contributed by atoms with Crippen LogP contribution in [0.3, 0.4) is 0 Å². The van der Waals surface area contributed by atoms with Gasteiger partial charge in [-0.05, 0) is 44.0 Å². The molecule has 1 aliphatic rings. The second-order valence-electron chi connectivity index (χ2n) is 4.81. The van der Waals surface area contributed by atoms with E-state index in [0.717, 1.165) is 23.9 Å². The van der Waals surface area contributed by atoms with Crippen LogP contribution in [0.25, 0.3) is 0 Å². The highest BCUT2D eigenvalue weighted by Gasteiger charge is 2.29. The van der Waals surface area contributed by atoms with E-state index in [4.69, 9.17) is 0 Å². The molecule has 1 fully saturated rings. The quantitative estimate of drug-likeness (QED) is 0.818. The Kier molecular flexibility index (Phi) is 6.94. The molecule has 4 nitrogen and oxygen atoms in total. The summed E-state index contributed by atoms with van der Waals surface area (Å²) in [5.41, 5.74) is 1.20. The van der Waals surface area contributed by atoms with Crippen LogP contribution < -0.4 is 10.0 Å². The van der Waals surface area contributed by atoms with E-state index in [9.17, 15) is 8.42 Å². The monoisotopic (exact) mass is 382 g/mol. The molecule has 0 aromatic heterocycles. The Morgan fingerprint density at radius 1 is 1.45 bits per heavy atom. The SMILES string of the molecule is CCS(=O)(=O)NC1CCNC1Cc1cccc(Br)c1.Cl. The number of rotatable bonds is 5. The van der Waals surface area contributed by atoms with E-state index in [1.807, 2.05) is 12.1 Å². The van der Waals surface area contributed by atoms with Gasteiger partial charge in [-0.2, -0.15) is 0 Å². The van der Waals surface area contributed by atoms with Crippen LogP contribution in [0.15, 0.2) is 28.7 Å². The highest BCUT2D eigenvalue weighted by atomic mass is 79.9. The molecule has 114 valence electrons. The summed E-state index contributed by atoms with van der Waals surface area (Å²) < 4.78 is 27.2. The maximum Gasteiger partial charge on any atom is 0.211 e. The third kappa shape index (κ3) is 5.00. The second-order valence-corrected chi connectivity index (χ2v) is 7.77. The molecule has 2 N–H and O–H groups in total. The van der Waals surface area contributed by atoms with Crippen molar-refractivity contribution in [1.82, 2.24) is 10.0 Å². The third-order valence-corrected chi connectivity index (χ3v) is 5.32. The van der Waals surface area contributed by atoms with Gasteiger partial charge in [-0.25, -0.2) is 13.1 Å². The van der Waals surface area contributed by atoms with E-state index >= 15 is 0 Å². The molecule has 1 aromatic carbocycles. The van der Waals surface area contributed by atoms with Crippen molar-refractivity contribution in [2.75, 3.05) is 12.3 Å². The van der Waals surface area contributed by atoms with Crippen LogP contribution in [0.4, 0.5) is 0 Å². The van der Waals surface area contributed by atoms with Crippen molar-refractivity contribution < 1.29 is 8.42 Å². The Bertz CT molecular complexity index is 539.